The Morgan fingerprint density at radius 1 is 1.29 bits per heavy atom. The van der Waals surface area contributed by atoms with Crippen LogP contribution in [-0.4, -0.2) is 13.6 Å². The second-order valence-corrected chi connectivity index (χ2v) is 3.66. The maximum Gasteiger partial charge on any atom is 0.0421 e. The average Bonchev–Trinajstić information content (AvgIpc) is 2.20. The lowest BCUT2D eigenvalue weighted by Crippen LogP contribution is -2.23. The summed E-state index contributed by atoms with van der Waals surface area (Å²) in [5.74, 6) is 0. The highest BCUT2D eigenvalue weighted by molar-refractivity contribution is 5.25. The van der Waals surface area contributed by atoms with Gasteiger partial charge in [0.15, 0.2) is 0 Å². The Balaban J connectivity index is 2.62. The van der Waals surface area contributed by atoms with E-state index in [2.05, 4.69) is 36.5 Å². The van der Waals surface area contributed by atoms with Crippen molar-refractivity contribution in [3.8, 4) is 0 Å². The minimum atomic E-state index is 0.107. The molecule has 1 unspecified atom stereocenters. The summed E-state index contributed by atoms with van der Waals surface area (Å²) < 4.78 is 0. The van der Waals surface area contributed by atoms with Crippen molar-refractivity contribution in [3.05, 3.63) is 35.4 Å². The standard InChI is InChI=1S/C12H20N2/c1-3-4-10-5-7-11(8-6-10)12(13)9-14-2/h5-8,12,14H,3-4,9,13H2,1-2H3. The van der Waals surface area contributed by atoms with Crippen molar-refractivity contribution in [2.24, 2.45) is 5.73 Å². The monoisotopic (exact) mass is 192 g/mol. The first-order valence-corrected chi connectivity index (χ1v) is 5.27. The molecule has 0 spiro atoms. The van der Waals surface area contributed by atoms with Crippen molar-refractivity contribution in [2.75, 3.05) is 13.6 Å². The number of nitrogens with one attached hydrogen (secondary N) is 1. The smallest absolute Gasteiger partial charge is 0.0421 e. The molecule has 0 saturated heterocycles. The van der Waals surface area contributed by atoms with E-state index < -0.39 is 0 Å². The molecule has 1 atom stereocenters. The molecule has 2 heteroatoms. The highest BCUT2D eigenvalue weighted by Crippen LogP contribution is 2.11. The van der Waals surface area contributed by atoms with Crippen LogP contribution in [-0.2, 0) is 6.42 Å². The zero-order chi connectivity index (χ0) is 10.4. The van der Waals surface area contributed by atoms with Gasteiger partial charge in [-0.3, -0.25) is 0 Å². The Bertz CT molecular complexity index is 254. The number of likely N-dealkylation sites (N-methyl/N-ethyl adjacent to an activating group) is 1. The predicted octanol–water partition coefficient (Wildman–Crippen LogP) is 1.86. The van der Waals surface area contributed by atoms with E-state index in [1.54, 1.807) is 0 Å². The molecule has 2 nitrogen and oxygen atoms in total. The van der Waals surface area contributed by atoms with Gasteiger partial charge in [0.05, 0.1) is 0 Å². The Morgan fingerprint density at radius 3 is 2.43 bits per heavy atom. The summed E-state index contributed by atoms with van der Waals surface area (Å²) in [6.45, 7) is 3.02. The van der Waals surface area contributed by atoms with Gasteiger partial charge in [0.25, 0.3) is 0 Å². The molecule has 0 aliphatic carbocycles. The predicted molar refractivity (Wildman–Crippen MR) is 61.3 cm³/mol. The number of benzene rings is 1. The van der Waals surface area contributed by atoms with Crippen molar-refractivity contribution in [1.82, 2.24) is 5.32 Å². The van der Waals surface area contributed by atoms with Gasteiger partial charge in [-0.05, 0) is 24.6 Å². The third-order valence-corrected chi connectivity index (χ3v) is 2.37. The molecule has 3 N–H and O–H groups in total. The van der Waals surface area contributed by atoms with Gasteiger partial charge in [-0.2, -0.15) is 0 Å². The summed E-state index contributed by atoms with van der Waals surface area (Å²) in [4.78, 5) is 0. The van der Waals surface area contributed by atoms with Gasteiger partial charge >= 0.3 is 0 Å². The zero-order valence-corrected chi connectivity index (χ0v) is 9.09. The van der Waals surface area contributed by atoms with Crippen molar-refractivity contribution < 1.29 is 0 Å². The fourth-order valence-corrected chi connectivity index (χ4v) is 1.56. The maximum atomic E-state index is 5.97. The minimum Gasteiger partial charge on any atom is -0.323 e. The lowest BCUT2D eigenvalue weighted by Gasteiger charge is -2.11. The summed E-state index contributed by atoms with van der Waals surface area (Å²) in [5, 5.41) is 3.08. The van der Waals surface area contributed by atoms with E-state index in [1.165, 1.54) is 17.5 Å². The molecule has 0 bridgehead atoms. The molecular formula is C12H20N2. The van der Waals surface area contributed by atoms with E-state index in [1.807, 2.05) is 7.05 Å². The summed E-state index contributed by atoms with van der Waals surface area (Å²) in [6, 6.07) is 8.72. The first kappa shape index (κ1) is 11.2. The molecule has 78 valence electrons. The van der Waals surface area contributed by atoms with Crippen LogP contribution < -0.4 is 11.1 Å². The van der Waals surface area contributed by atoms with Gasteiger partial charge in [0, 0.05) is 12.6 Å². The summed E-state index contributed by atoms with van der Waals surface area (Å²) >= 11 is 0. The van der Waals surface area contributed by atoms with Crippen molar-refractivity contribution in [3.63, 3.8) is 0 Å². The van der Waals surface area contributed by atoms with Crippen molar-refractivity contribution in [2.45, 2.75) is 25.8 Å². The van der Waals surface area contributed by atoms with Crippen LogP contribution in [0.2, 0.25) is 0 Å². The topological polar surface area (TPSA) is 38.0 Å². The second kappa shape index (κ2) is 5.78. The highest BCUT2D eigenvalue weighted by Gasteiger charge is 2.03. The zero-order valence-electron chi connectivity index (χ0n) is 9.09. The largest absolute Gasteiger partial charge is 0.323 e. The molecule has 0 aliphatic heterocycles. The van der Waals surface area contributed by atoms with Crippen molar-refractivity contribution in [1.29, 1.82) is 0 Å². The Labute approximate surface area is 86.5 Å². The SMILES string of the molecule is CCCc1ccc(C(N)CNC)cc1. The van der Waals surface area contributed by atoms with Crippen LogP contribution in [0.15, 0.2) is 24.3 Å². The molecule has 1 aromatic carbocycles. The summed E-state index contributed by atoms with van der Waals surface area (Å²) in [7, 11) is 1.92. The highest BCUT2D eigenvalue weighted by atomic mass is 14.9. The first-order valence-electron chi connectivity index (χ1n) is 5.27. The van der Waals surface area contributed by atoms with Gasteiger partial charge in [-0.25, -0.2) is 0 Å². The van der Waals surface area contributed by atoms with Crippen LogP contribution in [0.4, 0.5) is 0 Å². The van der Waals surface area contributed by atoms with Crippen LogP contribution in [0.25, 0.3) is 0 Å². The molecule has 0 aliphatic rings. The number of aryl methyl sites for hydroxylation is 1. The summed E-state index contributed by atoms with van der Waals surface area (Å²) in [5.41, 5.74) is 8.57. The van der Waals surface area contributed by atoms with E-state index in [0.717, 1.165) is 13.0 Å². The third kappa shape index (κ3) is 3.13. The lowest BCUT2D eigenvalue weighted by atomic mass is 10.0. The Morgan fingerprint density at radius 2 is 1.93 bits per heavy atom. The lowest BCUT2D eigenvalue weighted by molar-refractivity contribution is 0.653. The van der Waals surface area contributed by atoms with Crippen LogP contribution in [0, 0.1) is 0 Å². The molecule has 1 rings (SSSR count). The normalized spacial score (nSPS) is 12.8. The Kier molecular flexibility index (Phi) is 4.63. The minimum absolute atomic E-state index is 0.107. The molecule has 0 radical (unpaired) electrons. The fourth-order valence-electron chi connectivity index (χ4n) is 1.56. The van der Waals surface area contributed by atoms with E-state index in [4.69, 9.17) is 5.73 Å². The first-order chi connectivity index (χ1) is 6.77. The molecule has 0 aromatic heterocycles. The van der Waals surface area contributed by atoms with Crippen LogP contribution in [0.3, 0.4) is 0 Å². The van der Waals surface area contributed by atoms with Crippen LogP contribution in [0.1, 0.15) is 30.5 Å². The molecule has 1 aromatic rings. The molecule has 0 amide bonds. The average molecular weight is 192 g/mol. The molecule has 0 saturated carbocycles. The number of hydrogen-bond donors (Lipinski definition) is 2. The Hall–Kier alpha value is -0.860. The van der Waals surface area contributed by atoms with E-state index in [0.29, 0.717) is 0 Å². The fraction of sp³-hybridized carbons (Fsp3) is 0.500. The van der Waals surface area contributed by atoms with Gasteiger partial charge in [-0.15, -0.1) is 0 Å². The molecular weight excluding hydrogens is 172 g/mol. The van der Waals surface area contributed by atoms with Crippen LogP contribution >= 0.6 is 0 Å². The molecule has 0 heterocycles. The number of hydrogen-bond acceptors (Lipinski definition) is 2. The number of nitrogens with two attached hydrogens (primary N) is 1. The van der Waals surface area contributed by atoms with Gasteiger partial charge in [-0.1, -0.05) is 37.6 Å². The van der Waals surface area contributed by atoms with Gasteiger partial charge in [0.1, 0.15) is 0 Å². The maximum absolute atomic E-state index is 5.97. The summed E-state index contributed by atoms with van der Waals surface area (Å²) in [6.07, 6.45) is 2.35. The van der Waals surface area contributed by atoms with E-state index in [-0.39, 0.29) is 6.04 Å². The second-order valence-electron chi connectivity index (χ2n) is 3.66. The third-order valence-electron chi connectivity index (χ3n) is 2.37. The quantitative estimate of drug-likeness (QED) is 0.747. The van der Waals surface area contributed by atoms with Crippen molar-refractivity contribution >= 4 is 0 Å². The van der Waals surface area contributed by atoms with Gasteiger partial charge < -0.3 is 11.1 Å². The van der Waals surface area contributed by atoms with Gasteiger partial charge in [0.2, 0.25) is 0 Å². The van der Waals surface area contributed by atoms with Crippen LogP contribution in [0.5, 0.6) is 0 Å². The van der Waals surface area contributed by atoms with E-state index in [9.17, 15) is 0 Å². The molecule has 14 heavy (non-hydrogen) atoms. The van der Waals surface area contributed by atoms with E-state index >= 15 is 0 Å². The number of rotatable bonds is 5. The molecule has 0 fully saturated rings.